The van der Waals surface area contributed by atoms with Crippen molar-refractivity contribution >= 4 is 5.82 Å². The Morgan fingerprint density at radius 2 is 2.00 bits per heavy atom. The van der Waals surface area contributed by atoms with Crippen molar-refractivity contribution in [2.45, 2.75) is 25.3 Å². The molecule has 110 valence electrons. The van der Waals surface area contributed by atoms with Gasteiger partial charge in [0.1, 0.15) is 5.82 Å². The van der Waals surface area contributed by atoms with Crippen LogP contribution in [0.2, 0.25) is 0 Å². The third kappa shape index (κ3) is 2.44. The van der Waals surface area contributed by atoms with E-state index in [1.807, 2.05) is 6.07 Å². The van der Waals surface area contributed by atoms with E-state index in [0.717, 1.165) is 18.8 Å². The summed E-state index contributed by atoms with van der Waals surface area (Å²) in [6.45, 7) is 3.36. The van der Waals surface area contributed by atoms with Gasteiger partial charge >= 0.3 is 0 Å². The second kappa shape index (κ2) is 5.53. The quantitative estimate of drug-likeness (QED) is 0.890. The van der Waals surface area contributed by atoms with Crippen molar-refractivity contribution in [3.05, 3.63) is 36.4 Å². The van der Waals surface area contributed by atoms with Gasteiger partial charge in [0.2, 0.25) is 0 Å². The maximum Gasteiger partial charge on any atom is 0.125 e. The molecule has 2 aliphatic rings. The Labute approximate surface area is 125 Å². The summed E-state index contributed by atoms with van der Waals surface area (Å²) >= 11 is 0. The van der Waals surface area contributed by atoms with Crippen molar-refractivity contribution in [3.8, 4) is 11.3 Å². The van der Waals surface area contributed by atoms with Gasteiger partial charge in [-0.1, -0.05) is 30.3 Å². The molecule has 4 heteroatoms. The first-order valence-electron chi connectivity index (χ1n) is 8.01. The molecule has 0 saturated carbocycles. The fourth-order valence-corrected chi connectivity index (χ4v) is 3.64. The normalized spacial score (nSPS) is 25.1. The van der Waals surface area contributed by atoms with Gasteiger partial charge in [0.15, 0.2) is 0 Å². The molecular weight excluding hydrogens is 260 g/mol. The van der Waals surface area contributed by atoms with Crippen molar-refractivity contribution < 1.29 is 0 Å². The number of hydrogen-bond donors (Lipinski definition) is 2. The molecule has 1 saturated heterocycles. The number of benzene rings is 1. The first-order chi connectivity index (χ1) is 10.4. The van der Waals surface area contributed by atoms with Crippen LogP contribution in [0, 0.1) is 5.92 Å². The first-order valence-corrected chi connectivity index (χ1v) is 8.01. The van der Waals surface area contributed by atoms with Crippen LogP contribution in [0.4, 0.5) is 5.82 Å². The van der Waals surface area contributed by atoms with Gasteiger partial charge in [-0.05, 0) is 38.3 Å². The fraction of sp³-hybridized carbons (Fsp3) is 0.471. The zero-order valence-electron chi connectivity index (χ0n) is 12.3. The van der Waals surface area contributed by atoms with Gasteiger partial charge in [0.05, 0.1) is 11.7 Å². The van der Waals surface area contributed by atoms with Crippen molar-refractivity contribution in [2.24, 2.45) is 5.92 Å². The predicted octanol–water partition coefficient (Wildman–Crippen LogP) is 2.91. The lowest BCUT2D eigenvalue weighted by molar-refractivity contribution is 0.236. The molecule has 21 heavy (non-hydrogen) atoms. The third-order valence-corrected chi connectivity index (χ3v) is 4.74. The predicted molar refractivity (Wildman–Crippen MR) is 85.4 cm³/mol. The van der Waals surface area contributed by atoms with Crippen LogP contribution in [0.25, 0.3) is 11.3 Å². The van der Waals surface area contributed by atoms with Crippen LogP contribution in [0.3, 0.4) is 0 Å². The number of aromatic nitrogens is 2. The molecule has 2 atom stereocenters. The molecule has 1 aromatic heterocycles. The van der Waals surface area contributed by atoms with Gasteiger partial charge in [0, 0.05) is 18.2 Å². The van der Waals surface area contributed by atoms with Gasteiger partial charge in [0.25, 0.3) is 0 Å². The minimum atomic E-state index is 0.534. The van der Waals surface area contributed by atoms with E-state index in [0.29, 0.717) is 12.0 Å². The van der Waals surface area contributed by atoms with Gasteiger partial charge in [-0.25, -0.2) is 4.68 Å². The van der Waals surface area contributed by atoms with E-state index >= 15 is 0 Å². The van der Waals surface area contributed by atoms with E-state index in [1.165, 1.54) is 37.2 Å². The monoisotopic (exact) mass is 282 g/mol. The molecule has 0 radical (unpaired) electrons. The van der Waals surface area contributed by atoms with E-state index in [4.69, 9.17) is 5.10 Å². The summed E-state index contributed by atoms with van der Waals surface area (Å²) in [5.41, 5.74) is 2.27. The topological polar surface area (TPSA) is 41.9 Å². The van der Waals surface area contributed by atoms with Gasteiger partial charge < -0.3 is 10.6 Å². The van der Waals surface area contributed by atoms with Gasteiger partial charge in [-0.2, -0.15) is 5.10 Å². The standard InChI is InChI=1S/C17H22N4/c1-2-5-13(6-3-1)15-11-17-19-10-8-16(21(17)20-15)14-7-4-9-18-12-14/h1-3,5-6,11,14,16,18-19H,4,7-10,12H2. The number of piperidine rings is 1. The molecule has 2 unspecified atom stereocenters. The Kier molecular flexibility index (Phi) is 3.39. The molecule has 2 aliphatic heterocycles. The highest BCUT2D eigenvalue weighted by atomic mass is 15.4. The number of anilines is 1. The van der Waals surface area contributed by atoms with Crippen LogP contribution in [0.15, 0.2) is 36.4 Å². The molecule has 2 aromatic rings. The first kappa shape index (κ1) is 12.9. The highest BCUT2D eigenvalue weighted by Crippen LogP contribution is 2.35. The molecule has 4 nitrogen and oxygen atoms in total. The molecule has 0 amide bonds. The van der Waals surface area contributed by atoms with Crippen LogP contribution < -0.4 is 10.6 Å². The minimum Gasteiger partial charge on any atom is -0.370 e. The Bertz CT molecular complexity index is 599. The molecule has 4 rings (SSSR count). The lowest BCUT2D eigenvalue weighted by Crippen LogP contribution is -2.38. The average molecular weight is 282 g/mol. The van der Waals surface area contributed by atoms with Crippen LogP contribution >= 0.6 is 0 Å². The third-order valence-electron chi connectivity index (χ3n) is 4.74. The number of rotatable bonds is 2. The van der Waals surface area contributed by atoms with Crippen LogP contribution in [-0.4, -0.2) is 29.4 Å². The number of hydrogen-bond acceptors (Lipinski definition) is 3. The minimum absolute atomic E-state index is 0.534. The Balaban J connectivity index is 1.66. The Morgan fingerprint density at radius 3 is 2.81 bits per heavy atom. The molecule has 0 aliphatic carbocycles. The summed E-state index contributed by atoms with van der Waals surface area (Å²) in [6, 6.07) is 13.2. The largest absolute Gasteiger partial charge is 0.370 e. The SMILES string of the molecule is c1ccc(-c2cc3n(n2)C(C2CCCNC2)CCN3)cc1. The zero-order valence-corrected chi connectivity index (χ0v) is 12.3. The van der Waals surface area contributed by atoms with Crippen molar-refractivity contribution in [1.29, 1.82) is 0 Å². The zero-order chi connectivity index (χ0) is 14.1. The van der Waals surface area contributed by atoms with E-state index in [-0.39, 0.29) is 0 Å². The Morgan fingerprint density at radius 1 is 1.10 bits per heavy atom. The van der Waals surface area contributed by atoms with Crippen molar-refractivity contribution in [2.75, 3.05) is 25.0 Å². The maximum atomic E-state index is 4.90. The molecule has 3 heterocycles. The van der Waals surface area contributed by atoms with Crippen molar-refractivity contribution in [1.82, 2.24) is 15.1 Å². The summed E-state index contributed by atoms with van der Waals surface area (Å²) in [4.78, 5) is 0. The van der Waals surface area contributed by atoms with Gasteiger partial charge in [-0.15, -0.1) is 0 Å². The number of fused-ring (bicyclic) bond motifs is 1. The smallest absolute Gasteiger partial charge is 0.125 e. The summed E-state index contributed by atoms with van der Waals surface area (Å²) in [5.74, 6) is 1.89. The molecular formula is C17H22N4. The molecule has 1 fully saturated rings. The van der Waals surface area contributed by atoms with Crippen LogP contribution in [0.5, 0.6) is 0 Å². The number of nitrogens with zero attached hydrogens (tertiary/aromatic N) is 2. The van der Waals surface area contributed by atoms with Crippen molar-refractivity contribution in [3.63, 3.8) is 0 Å². The molecule has 1 aromatic carbocycles. The lowest BCUT2D eigenvalue weighted by Gasteiger charge is -2.34. The van der Waals surface area contributed by atoms with E-state index in [9.17, 15) is 0 Å². The van der Waals surface area contributed by atoms with E-state index in [2.05, 4.69) is 45.6 Å². The average Bonchev–Trinajstić information content (AvgIpc) is 3.00. The number of nitrogens with one attached hydrogen (secondary N) is 2. The molecule has 0 spiro atoms. The molecule has 0 bridgehead atoms. The highest BCUT2D eigenvalue weighted by molar-refractivity contribution is 5.63. The summed E-state index contributed by atoms with van der Waals surface area (Å²) in [7, 11) is 0. The summed E-state index contributed by atoms with van der Waals surface area (Å²) in [5, 5.41) is 11.9. The van der Waals surface area contributed by atoms with Crippen LogP contribution in [-0.2, 0) is 0 Å². The Hall–Kier alpha value is -1.81. The van der Waals surface area contributed by atoms with Crippen LogP contribution in [0.1, 0.15) is 25.3 Å². The summed E-state index contributed by atoms with van der Waals surface area (Å²) < 4.78 is 2.24. The van der Waals surface area contributed by atoms with Gasteiger partial charge in [-0.3, -0.25) is 0 Å². The maximum absolute atomic E-state index is 4.90. The van der Waals surface area contributed by atoms with E-state index < -0.39 is 0 Å². The second-order valence-corrected chi connectivity index (χ2v) is 6.11. The fourth-order valence-electron chi connectivity index (χ4n) is 3.64. The highest BCUT2D eigenvalue weighted by Gasteiger charge is 2.30. The second-order valence-electron chi connectivity index (χ2n) is 6.11. The molecule has 2 N–H and O–H groups in total. The summed E-state index contributed by atoms with van der Waals surface area (Å²) in [6.07, 6.45) is 3.78. The van der Waals surface area contributed by atoms with E-state index in [1.54, 1.807) is 0 Å². The lowest BCUT2D eigenvalue weighted by atomic mass is 9.89.